The summed E-state index contributed by atoms with van der Waals surface area (Å²) in [5.41, 5.74) is 12.2. The first-order valence-electron chi connectivity index (χ1n) is 15.1. The van der Waals surface area contributed by atoms with Crippen LogP contribution >= 0.6 is 0 Å². The van der Waals surface area contributed by atoms with Gasteiger partial charge < -0.3 is 0 Å². The Morgan fingerprint density at radius 1 is 0.444 bits per heavy atom. The summed E-state index contributed by atoms with van der Waals surface area (Å²) in [5.74, 6) is 0.659. The van der Waals surface area contributed by atoms with Crippen LogP contribution in [0.25, 0.3) is 45.0 Å². The maximum Gasteiger partial charge on any atom is 0.160 e. The quantitative estimate of drug-likeness (QED) is 0.206. The first kappa shape index (κ1) is 26.5. The molecule has 7 aromatic rings. The Hall–Kier alpha value is -6.11. The molecule has 0 N–H and O–H groups in total. The Labute approximate surface area is 262 Å². The van der Waals surface area contributed by atoms with Gasteiger partial charge in [-0.1, -0.05) is 140 Å². The van der Waals surface area contributed by atoms with E-state index in [-0.39, 0.29) is 0 Å². The molecule has 0 spiro atoms. The second-order valence-electron chi connectivity index (χ2n) is 11.3. The van der Waals surface area contributed by atoms with Gasteiger partial charge in [-0.3, -0.25) is 0 Å². The highest BCUT2D eigenvalue weighted by atomic mass is 14.9. The van der Waals surface area contributed by atoms with Crippen LogP contribution in [-0.2, 0) is 5.41 Å². The van der Waals surface area contributed by atoms with E-state index in [0.717, 1.165) is 28.1 Å². The molecule has 0 aliphatic heterocycles. The molecule has 1 aromatic heterocycles. The minimum atomic E-state index is -0.490. The maximum atomic E-state index is 9.35. The van der Waals surface area contributed by atoms with Gasteiger partial charge in [0, 0.05) is 16.7 Å². The average molecular weight is 574 g/mol. The van der Waals surface area contributed by atoms with Crippen LogP contribution in [0, 0.1) is 11.3 Å². The highest BCUT2D eigenvalue weighted by Gasteiger charge is 2.45. The zero-order chi connectivity index (χ0) is 30.2. The van der Waals surface area contributed by atoms with Gasteiger partial charge in [0.05, 0.1) is 28.4 Å². The molecule has 0 radical (unpaired) electrons. The topological polar surface area (TPSA) is 49.6 Å². The largest absolute Gasteiger partial charge is 0.228 e. The summed E-state index contributed by atoms with van der Waals surface area (Å²) < 4.78 is 0. The van der Waals surface area contributed by atoms with Gasteiger partial charge >= 0.3 is 0 Å². The lowest BCUT2D eigenvalue weighted by Crippen LogP contribution is -2.28. The molecule has 3 heteroatoms. The summed E-state index contributed by atoms with van der Waals surface area (Å²) in [4.78, 5) is 10.1. The molecule has 45 heavy (non-hydrogen) atoms. The smallest absolute Gasteiger partial charge is 0.160 e. The monoisotopic (exact) mass is 573 g/mol. The van der Waals surface area contributed by atoms with Gasteiger partial charge in [0.2, 0.25) is 0 Å². The molecule has 1 aliphatic carbocycles. The summed E-state index contributed by atoms with van der Waals surface area (Å²) in [5, 5.41) is 9.35. The van der Waals surface area contributed by atoms with Crippen LogP contribution < -0.4 is 0 Å². The van der Waals surface area contributed by atoms with Crippen molar-refractivity contribution in [1.82, 2.24) is 9.97 Å². The lowest BCUT2D eigenvalue weighted by molar-refractivity contribution is 0.768. The number of nitrogens with zero attached hydrogens (tertiary/aromatic N) is 3. The van der Waals surface area contributed by atoms with Crippen LogP contribution in [-0.4, -0.2) is 9.97 Å². The minimum Gasteiger partial charge on any atom is -0.228 e. The van der Waals surface area contributed by atoms with Crippen LogP contribution in [0.15, 0.2) is 164 Å². The Kier molecular flexibility index (Phi) is 6.40. The molecule has 0 bridgehead atoms. The molecule has 0 saturated heterocycles. The fraction of sp³-hybridized carbons (Fsp3) is 0.0238. The number of hydrogen-bond donors (Lipinski definition) is 0. The van der Waals surface area contributed by atoms with E-state index in [2.05, 4.69) is 115 Å². The zero-order valence-electron chi connectivity index (χ0n) is 24.4. The summed E-state index contributed by atoms with van der Waals surface area (Å²) in [7, 11) is 0. The van der Waals surface area contributed by atoms with Crippen LogP contribution in [0.1, 0.15) is 27.8 Å². The molecular weight excluding hydrogens is 546 g/mol. The first-order chi connectivity index (χ1) is 22.3. The molecule has 0 fully saturated rings. The Bertz CT molecular complexity index is 2170. The van der Waals surface area contributed by atoms with Crippen molar-refractivity contribution >= 4 is 0 Å². The van der Waals surface area contributed by atoms with Crippen LogP contribution in [0.5, 0.6) is 0 Å². The van der Waals surface area contributed by atoms with Gasteiger partial charge in [0.15, 0.2) is 5.82 Å². The van der Waals surface area contributed by atoms with Crippen molar-refractivity contribution in [3.63, 3.8) is 0 Å². The summed E-state index contributed by atoms with van der Waals surface area (Å²) in [6, 6.07) is 59.1. The second-order valence-corrected chi connectivity index (χ2v) is 11.3. The van der Waals surface area contributed by atoms with E-state index in [9.17, 15) is 5.26 Å². The molecule has 0 atom stereocenters. The van der Waals surface area contributed by atoms with Gasteiger partial charge in [-0.25, -0.2) is 9.97 Å². The van der Waals surface area contributed by atoms with Crippen LogP contribution in [0.3, 0.4) is 0 Å². The number of nitriles is 1. The highest BCUT2D eigenvalue weighted by molar-refractivity contribution is 5.86. The van der Waals surface area contributed by atoms with E-state index < -0.39 is 5.41 Å². The van der Waals surface area contributed by atoms with Crippen molar-refractivity contribution in [3.8, 4) is 51.1 Å². The number of benzene rings is 6. The fourth-order valence-electron chi connectivity index (χ4n) is 6.80. The number of hydrogen-bond acceptors (Lipinski definition) is 3. The third-order valence-corrected chi connectivity index (χ3v) is 8.82. The molecule has 8 rings (SSSR count). The maximum absolute atomic E-state index is 9.35. The minimum absolute atomic E-state index is 0.490. The van der Waals surface area contributed by atoms with Crippen LogP contribution in [0.4, 0.5) is 0 Å². The SMILES string of the molecule is N#Cc1ccc(-c2cc(-c3cccc(C4(c5ccccc5)c5ccccc5-c5ccccc54)c3)nc(-c3ccccc3)n2)cc1. The molecule has 210 valence electrons. The number of rotatable bonds is 5. The number of fused-ring (bicyclic) bond motifs is 3. The Balaban J connectivity index is 1.37. The molecule has 0 saturated carbocycles. The third-order valence-electron chi connectivity index (χ3n) is 8.82. The fourth-order valence-corrected chi connectivity index (χ4v) is 6.80. The van der Waals surface area contributed by atoms with Gasteiger partial charge in [0.25, 0.3) is 0 Å². The van der Waals surface area contributed by atoms with Crippen molar-refractivity contribution < 1.29 is 0 Å². The molecule has 1 heterocycles. The molecule has 6 aromatic carbocycles. The van der Waals surface area contributed by atoms with Gasteiger partial charge in [-0.2, -0.15) is 5.26 Å². The molecule has 3 nitrogen and oxygen atoms in total. The molecular formula is C42H27N3. The normalized spacial score (nSPS) is 12.6. The molecule has 0 amide bonds. The molecule has 1 aliphatic rings. The van der Waals surface area contributed by atoms with Crippen molar-refractivity contribution in [2.75, 3.05) is 0 Å². The Morgan fingerprint density at radius 3 is 1.62 bits per heavy atom. The van der Waals surface area contributed by atoms with Crippen LogP contribution in [0.2, 0.25) is 0 Å². The van der Waals surface area contributed by atoms with Gasteiger partial charge in [0.1, 0.15) is 0 Å². The summed E-state index contributed by atoms with van der Waals surface area (Å²) in [6.45, 7) is 0. The number of aromatic nitrogens is 2. The second kappa shape index (κ2) is 10.9. The van der Waals surface area contributed by atoms with E-state index >= 15 is 0 Å². The van der Waals surface area contributed by atoms with Crippen molar-refractivity contribution in [3.05, 3.63) is 192 Å². The van der Waals surface area contributed by atoms with Crippen molar-refractivity contribution in [2.24, 2.45) is 0 Å². The lowest BCUT2D eigenvalue weighted by Gasteiger charge is -2.34. The summed E-state index contributed by atoms with van der Waals surface area (Å²) >= 11 is 0. The van der Waals surface area contributed by atoms with E-state index in [1.54, 1.807) is 0 Å². The lowest BCUT2D eigenvalue weighted by atomic mass is 9.67. The van der Waals surface area contributed by atoms with Gasteiger partial charge in [-0.05, 0) is 57.6 Å². The van der Waals surface area contributed by atoms with Crippen molar-refractivity contribution in [2.45, 2.75) is 5.41 Å². The van der Waals surface area contributed by atoms with E-state index in [4.69, 9.17) is 9.97 Å². The predicted molar refractivity (Wildman–Crippen MR) is 180 cm³/mol. The zero-order valence-corrected chi connectivity index (χ0v) is 24.4. The van der Waals surface area contributed by atoms with E-state index in [1.807, 2.05) is 54.6 Å². The van der Waals surface area contributed by atoms with E-state index in [1.165, 1.54) is 33.4 Å². The van der Waals surface area contributed by atoms with Crippen molar-refractivity contribution in [1.29, 1.82) is 5.26 Å². The predicted octanol–water partition coefficient (Wildman–Crippen LogP) is 9.71. The highest BCUT2D eigenvalue weighted by Crippen LogP contribution is 2.56. The molecule has 0 unspecified atom stereocenters. The Morgan fingerprint density at radius 2 is 0.978 bits per heavy atom. The standard InChI is InChI=1S/C42H27N3/c43-28-29-22-24-30(25-23-29)39-27-40(45-41(44-39)31-12-3-1-4-13-31)32-14-11-17-34(26-32)42(33-15-5-2-6-16-33)37-20-9-7-18-35(37)36-19-8-10-21-38(36)42/h1-27H. The first-order valence-corrected chi connectivity index (χ1v) is 15.1. The van der Waals surface area contributed by atoms with Gasteiger partial charge in [-0.15, -0.1) is 0 Å². The summed E-state index contributed by atoms with van der Waals surface area (Å²) in [6.07, 6.45) is 0. The van der Waals surface area contributed by atoms with E-state index in [0.29, 0.717) is 11.4 Å². The third kappa shape index (κ3) is 4.35. The average Bonchev–Trinajstić information content (AvgIpc) is 3.43.